The van der Waals surface area contributed by atoms with E-state index in [4.69, 9.17) is 19.9 Å². The van der Waals surface area contributed by atoms with Crippen LogP contribution < -0.4 is 20.5 Å². The maximum Gasteiger partial charge on any atom is 0.328 e. The number of carbonyl (C=O) groups excluding carboxylic acids is 4. The highest BCUT2D eigenvalue weighted by Gasteiger charge is 2.26. The van der Waals surface area contributed by atoms with E-state index in [2.05, 4.69) is 5.32 Å². The van der Waals surface area contributed by atoms with Crippen LogP contribution >= 0.6 is 0 Å². The lowest BCUT2D eigenvalue weighted by Crippen LogP contribution is -2.50. The Bertz CT molecular complexity index is 1040. The molecule has 0 aliphatic rings. The maximum absolute atomic E-state index is 12.8. The van der Waals surface area contributed by atoms with Crippen molar-refractivity contribution >= 4 is 23.8 Å². The van der Waals surface area contributed by atoms with Crippen molar-refractivity contribution < 1.29 is 33.4 Å². The standard InChI is InChI=1S/C26H32N2O7/c1-16(2)12-22(26(32)33-15-19-8-6-5-7-9-19)28-25(31)21(27)13-20-10-11-23(34-17(3)29)24(14-20)35-18(4)30/h5-11,14,16,21-22H,12-13,15,27H2,1-4H3,(H,28,31)/t21-,22-/m0/s1. The van der Waals surface area contributed by atoms with Crippen LogP contribution in [0.2, 0.25) is 0 Å². The predicted molar refractivity (Wildman–Crippen MR) is 128 cm³/mol. The molecule has 0 spiro atoms. The van der Waals surface area contributed by atoms with Crippen molar-refractivity contribution in [2.75, 3.05) is 0 Å². The lowest BCUT2D eigenvalue weighted by Gasteiger charge is -2.21. The van der Waals surface area contributed by atoms with Gasteiger partial charge in [-0.1, -0.05) is 50.2 Å². The summed E-state index contributed by atoms with van der Waals surface area (Å²) in [5, 5.41) is 2.70. The minimum Gasteiger partial charge on any atom is -0.459 e. The van der Waals surface area contributed by atoms with Gasteiger partial charge >= 0.3 is 17.9 Å². The average Bonchev–Trinajstić information content (AvgIpc) is 2.78. The van der Waals surface area contributed by atoms with Gasteiger partial charge in [0.15, 0.2) is 11.5 Å². The number of nitrogens with one attached hydrogen (secondary N) is 1. The summed E-state index contributed by atoms with van der Waals surface area (Å²) in [6.45, 7) is 6.42. The number of ether oxygens (including phenoxy) is 3. The molecule has 0 radical (unpaired) electrons. The number of amides is 1. The molecule has 0 saturated carbocycles. The molecule has 0 saturated heterocycles. The van der Waals surface area contributed by atoms with Gasteiger partial charge in [0.2, 0.25) is 5.91 Å². The molecule has 9 nitrogen and oxygen atoms in total. The summed E-state index contributed by atoms with van der Waals surface area (Å²) in [4.78, 5) is 48.2. The second kappa shape index (κ2) is 13.2. The van der Waals surface area contributed by atoms with Gasteiger partial charge in [-0.05, 0) is 42.0 Å². The molecule has 0 aliphatic heterocycles. The molecule has 2 atom stereocenters. The van der Waals surface area contributed by atoms with Crippen molar-refractivity contribution in [1.29, 1.82) is 0 Å². The van der Waals surface area contributed by atoms with E-state index in [1.807, 2.05) is 44.2 Å². The van der Waals surface area contributed by atoms with E-state index in [1.54, 1.807) is 6.07 Å². The molecule has 1 amide bonds. The summed E-state index contributed by atoms with van der Waals surface area (Å²) in [5.74, 6) is -1.98. The van der Waals surface area contributed by atoms with Crippen LogP contribution in [0.1, 0.15) is 45.2 Å². The molecule has 188 valence electrons. The second-order valence-corrected chi connectivity index (χ2v) is 8.56. The Balaban J connectivity index is 2.06. The van der Waals surface area contributed by atoms with E-state index in [-0.39, 0.29) is 30.4 Å². The van der Waals surface area contributed by atoms with E-state index < -0.39 is 35.9 Å². The summed E-state index contributed by atoms with van der Waals surface area (Å²) in [6.07, 6.45) is 0.480. The van der Waals surface area contributed by atoms with E-state index in [9.17, 15) is 19.2 Å². The van der Waals surface area contributed by atoms with Crippen molar-refractivity contribution in [1.82, 2.24) is 5.32 Å². The molecule has 0 heterocycles. The fourth-order valence-electron chi connectivity index (χ4n) is 3.29. The van der Waals surface area contributed by atoms with Crippen LogP contribution in [0.4, 0.5) is 0 Å². The monoisotopic (exact) mass is 484 g/mol. The quantitative estimate of drug-likeness (QED) is 0.367. The van der Waals surface area contributed by atoms with Crippen LogP contribution in [0.25, 0.3) is 0 Å². The molecule has 0 unspecified atom stereocenters. The van der Waals surface area contributed by atoms with Gasteiger partial charge in [-0.25, -0.2) is 4.79 Å². The molecule has 9 heteroatoms. The third-order valence-corrected chi connectivity index (χ3v) is 4.84. The van der Waals surface area contributed by atoms with E-state index in [0.717, 1.165) is 5.56 Å². The highest BCUT2D eigenvalue weighted by atomic mass is 16.6. The number of hydrogen-bond acceptors (Lipinski definition) is 8. The van der Waals surface area contributed by atoms with Crippen LogP contribution in [-0.4, -0.2) is 35.9 Å². The highest BCUT2D eigenvalue weighted by Crippen LogP contribution is 2.29. The summed E-state index contributed by atoms with van der Waals surface area (Å²) in [7, 11) is 0. The topological polar surface area (TPSA) is 134 Å². The number of benzene rings is 2. The Morgan fingerprint density at radius 3 is 2.11 bits per heavy atom. The van der Waals surface area contributed by atoms with Gasteiger partial charge in [-0.3, -0.25) is 14.4 Å². The zero-order chi connectivity index (χ0) is 26.0. The lowest BCUT2D eigenvalue weighted by molar-refractivity contribution is -0.149. The van der Waals surface area contributed by atoms with Gasteiger partial charge in [0.25, 0.3) is 0 Å². The fraction of sp³-hybridized carbons (Fsp3) is 0.385. The number of esters is 3. The molecule has 2 aromatic carbocycles. The van der Waals surface area contributed by atoms with E-state index in [0.29, 0.717) is 12.0 Å². The summed E-state index contributed by atoms with van der Waals surface area (Å²) >= 11 is 0. The third kappa shape index (κ3) is 9.58. The lowest BCUT2D eigenvalue weighted by atomic mass is 10.0. The first-order chi connectivity index (χ1) is 16.5. The first kappa shape index (κ1) is 27.5. The Morgan fingerprint density at radius 2 is 1.51 bits per heavy atom. The Hall–Kier alpha value is -3.72. The molecule has 0 bridgehead atoms. The minimum absolute atomic E-state index is 0.0417. The van der Waals surface area contributed by atoms with Gasteiger partial charge in [-0.2, -0.15) is 0 Å². The highest BCUT2D eigenvalue weighted by molar-refractivity contribution is 5.87. The van der Waals surface area contributed by atoms with Crippen LogP contribution in [0.15, 0.2) is 48.5 Å². The predicted octanol–water partition coefficient (Wildman–Crippen LogP) is 2.68. The molecule has 3 N–H and O–H groups in total. The third-order valence-electron chi connectivity index (χ3n) is 4.84. The normalized spacial score (nSPS) is 12.4. The van der Waals surface area contributed by atoms with Gasteiger partial charge < -0.3 is 25.3 Å². The maximum atomic E-state index is 12.8. The Labute approximate surface area is 204 Å². The van der Waals surface area contributed by atoms with Crippen LogP contribution in [-0.2, 0) is 36.9 Å². The van der Waals surface area contributed by atoms with Crippen molar-refractivity contribution in [3.8, 4) is 11.5 Å². The summed E-state index contributed by atoms with van der Waals surface area (Å²) in [6, 6.07) is 12.0. The number of rotatable bonds is 11. The molecule has 2 aromatic rings. The number of carbonyl (C=O) groups is 4. The Morgan fingerprint density at radius 1 is 0.886 bits per heavy atom. The van der Waals surface area contributed by atoms with Gasteiger partial charge in [0.1, 0.15) is 12.6 Å². The van der Waals surface area contributed by atoms with Crippen LogP contribution in [0, 0.1) is 5.92 Å². The van der Waals surface area contributed by atoms with Crippen molar-refractivity contribution in [3.05, 3.63) is 59.7 Å². The second-order valence-electron chi connectivity index (χ2n) is 8.56. The average molecular weight is 485 g/mol. The molecule has 0 fully saturated rings. The number of nitrogens with two attached hydrogens (primary N) is 1. The minimum atomic E-state index is -0.990. The van der Waals surface area contributed by atoms with Crippen molar-refractivity contribution in [3.63, 3.8) is 0 Å². The summed E-state index contributed by atoms with van der Waals surface area (Å²) < 4.78 is 15.6. The molecule has 0 aromatic heterocycles. The van der Waals surface area contributed by atoms with Crippen molar-refractivity contribution in [2.24, 2.45) is 11.7 Å². The summed E-state index contributed by atoms with van der Waals surface area (Å²) in [5.41, 5.74) is 7.52. The molecular weight excluding hydrogens is 452 g/mol. The molecule has 0 aliphatic carbocycles. The smallest absolute Gasteiger partial charge is 0.328 e. The van der Waals surface area contributed by atoms with Gasteiger partial charge in [0.05, 0.1) is 6.04 Å². The molecular formula is C26H32N2O7. The van der Waals surface area contributed by atoms with Gasteiger partial charge in [-0.15, -0.1) is 0 Å². The fourth-order valence-corrected chi connectivity index (χ4v) is 3.29. The first-order valence-electron chi connectivity index (χ1n) is 11.3. The molecule has 35 heavy (non-hydrogen) atoms. The first-order valence-corrected chi connectivity index (χ1v) is 11.3. The van der Waals surface area contributed by atoms with Crippen LogP contribution in [0.5, 0.6) is 11.5 Å². The van der Waals surface area contributed by atoms with Gasteiger partial charge in [0, 0.05) is 13.8 Å². The Kier molecular flexibility index (Phi) is 10.4. The SMILES string of the molecule is CC(=O)Oc1ccc(C[C@H](N)C(=O)N[C@@H](CC(C)C)C(=O)OCc2ccccc2)cc1OC(C)=O. The molecule has 2 rings (SSSR count). The largest absolute Gasteiger partial charge is 0.459 e. The zero-order valence-electron chi connectivity index (χ0n) is 20.4. The van der Waals surface area contributed by atoms with Crippen molar-refractivity contribution in [2.45, 2.75) is 59.2 Å². The van der Waals surface area contributed by atoms with Crippen LogP contribution in [0.3, 0.4) is 0 Å². The van der Waals surface area contributed by atoms with E-state index in [1.165, 1.54) is 26.0 Å². The number of hydrogen-bond donors (Lipinski definition) is 2. The van der Waals surface area contributed by atoms with E-state index >= 15 is 0 Å². The zero-order valence-corrected chi connectivity index (χ0v) is 20.4.